The molecule has 0 saturated heterocycles. The van der Waals surface area contributed by atoms with Crippen molar-refractivity contribution in [3.63, 3.8) is 0 Å². The molecule has 1 N–H and O–H groups in total. The highest BCUT2D eigenvalue weighted by Crippen LogP contribution is 2.37. The molecule has 4 nitrogen and oxygen atoms in total. The molecule has 100 valence electrons. The first-order chi connectivity index (χ1) is 8.74. The Morgan fingerprint density at radius 2 is 1.72 bits per heavy atom. The van der Waals surface area contributed by atoms with Crippen molar-refractivity contribution in [2.75, 3.05) is 19.9 Å². The smallest absolute Gasteiger partial charge is 0.231 e. The van der Waals surface area contributed by atoms with Gasteiger partial charge in [-0.2, -0.15) is 0 Å². The molecule has 1 aromatic carbocycles. The van der Waals surface area contributed by atoms with Crippen LogP contribution in [0.5, 0.6) is 17.2 Å². The summed E-state index contributed by atoms with van der Waals surface area (Å²) >= 11 is 0. The van der Waals surface area contributed by atoms with Gasteiger partial charge in [-0.05, 0) is 32.0 Å². The van der Waals surface area contributed by atoms with Crippen molar-refractivity contribution in [3.05, 3.63) is 17.7 Å². The Bertz CT molecular complexity index is 400. The highest BCUT2D eigenvalue weighted by molar-refractivity contribution is 5.51. The van der Waals surface area contributed by atoms with E-state index in [1.165, 1.54) is 0 Å². The van der Waals surface area contributed by atoms with Crippen LogP contribution < -0.4 is 9.47 Å². The Kier molecular flexibility index (Phi) is 4.31. The van der Waals surface area contributed by atoms with Crippen LogP contribution in [-0.2, 0) is 6.54 Å². The van der Waals surface area contributed by atoms with Crippen molar-refractivity contribution in [2.45, 2.75) is 33.2 Å². The molecule has 1 aliphatic heterocycles. The van der Waals surface area contributed by atoms with E-state index in [1.807, 2.05) is 6.07 Å². The van der Waals surface area contributed by atoms with Crippen molar-refractivity contribution >= 4 is 0 Å². The predicted octanol–water partition coefficient (Wildman–Crippen LogP) is 2.74. The fourth-order valence-corrected chi connectivity index (χ4v) is 2.24. The lowest BCUT2D eigenvalue weighted by Gasteiger charge is -2.21. The third-order valence-electron chi connectivity index (χ3n) is 3.05. The average Bonchev–Trinajstić information content (AvgIpc) is 2.77. The number of ether oxygens (including phenoxy) is 2. The Morgan fingerprint density at radius 1 is 1.11 bits per heavy atom. The molecule has 1 aliphatic rings. The molecular weight excluding hydrogens is 230 g/mol. The monoisotopic (exact) mass is 251 g/mol. The van der Waals surface area contributed by atoms with E-state index in [-0.39, 0.29) is 12.5 Å². The lowest BCUT2D eigenvalue weighted by Crippen LogP contribution is -2.24. The van der Waals surface area contributed by atoms with Gasteiger partial charge in [0.25, 0.3) is 0 Å². The first kappa shape index (κ1) is 13.0. The van der Waals surface area contributed by atoms with Gasteiger partial charge in [0.05, 0.1) is 0 Å². The third kappa shape index (κ3) is 2.88. The molecule has 0 fully saturated rings. The van der Waals surface area contributed by atoms with Gasteiger partial charge in [-0.25, -0.2) is 0 Å². The largest absolute Gasteiger partial charge is 0.507 e. The van der Waals surface area contributed by atoms with Gasteiger partial charge in [0, 0.05) is 18.2 Å². The summed E-state index contributed by atoms with van der Waals surface area (Å²) in [5.74, 6) is 1.65. The predicted molar refractivity (Wildman–Crippen MR) is 70.1 cm³/mol. The summed E-state index contributed by atoms with van der Waals surface area (Å²) in [5.41, 5.74) is 0.904. The summed E-state index contributed by atoms with van der Waals surface area (Å²) in [5, 5.41) is 10.00. The highest BCUT2D eigenvalue weighted by Gasteiger charge is 2.18. The molecule has 0 aromatic heterocycles. The highest BCUT2D eigenvalue weighted by atomic mass is 16.7. The van der Waals surface area contributed by atoms with E-state index in [4.69, 9.17) is 9.47 Å². The van der Waals surface area contributed by atoms with E-state index in [2.05, 4.69) is 18.7 Å². The molecule has 0 atom stereocenters. The maximum Gasteiger partial charge on any atom is 0.231 e. The number of benzene rings is 1. The first-order valence-corrected chi connectivity index (χ1v) is 6.58. The first-order valence-electron chi connectivity index (χ1n) is 6.58. The van der Waals surface area contributed by atoms with Gasteiger partial charge in [0.2, 0.25) is 6.79 Å². The molecule has 0 saturated carbocycles. The molecule has 2 rings (SSSR count). The van der Waals surface area contributed by atoms with E-state index in [9.17, 15) is 5.11 Å². The van der Waals surface area contributed by atoms with Crippen LogP contribution in [0.25, 0.3) is 0 Å². The van der Waals surface area contributed by atoms with Crippen molar-refractivity contribution in [1.29, 1.82) is 0 Å². The zero-order valence-electron chi connectivity index (χ0n) is 11.1. The maximum absolute atomic E-state index is 10.00. The number of hydrogen-bond acceptors (Lipinski definition) is 4. The lowest BCUT2D eigenvalue weighted by molar-refractivity contribution is 0.174. The fraction of sp³-hybridized carbons (Fsp3) is 0.571. The second kappa shape index (κ2) is 5.96. The molecule has 18 heavy (non-hydrogen) atoms. The van der Waals surface area contributed by atoms with Crippen LogP contribution in [0.15, 0.2) is 12.1 Å². The standard InChI is InChI=1S/C14H21NO3/c1-3-5-15(6-4-2)9-11-7-13-14(8-12(11)16)18-10-17-13/h7-8,16H,3-6,9-10H2,1-2H3. The summed E-state index contributed by atoms with van der Waals surface area (Å²) in [7, 11) is 0. The van der Waals surface area contributed by atoms with Crippen LogP contribution in [-0.4, -0.2) is 29.9 Å². The Hall–Kier alpha value is -1.42. The van der Waals surface area contributed by atoms with Crippen LogP contribution in [0.4, 0.5) is 0 Å². The topological polar surface area (TPSA) is 41.9 Å². The van der Waals surface area contributed by atoms with Gasteiger partial charge in [-0.1, -0.05) is 13.8 Å². The van der Waals surface area contributed by atoms with Crippen LogP contribution in [0.2, 0.25) is 0 Å². The van der Waals surface area contributed by atoms with Gasteiger partial charge in [0.1, 0.15) is 5.75 Å². The van der Waals surface area contributed by atoms with E-state index in [1.54, 1.807) is 6.07 Å². The number of aromatic hydroxyl groups is 1. The third-order valence-corrected chi connectivity index (χ3v) is 3.05. The normalized spacial score (nSPS) is 13.3. The van der Waals surface area contributed by atoms with Crippen molar-refractivity contribution < 1.29 is 14.6 Å². The second-order valence-corrected chi connectivity index (χ2v) is 4.61. The van der Waals surface area contributed by atoms with Crippen LogP contribution in [0.1, 0.15) is 32.3 Å². The van der Waals surface area contributed by atoms with Gasteiger partial charge >= 0.3 is 0 Å². The minimum Gasteiger partial charge on any atom is -0.507 e. The van der Waals surface area contributed by atoms with E-state index < -0.39 is 0 Å². The van der Waals surface area contributed by atoms with Crippen LogP contribution >= 0.6 is 0 Å². The van der Waals surface area contributed by atoms with Gasteiger partial charge < -0.3 is 14.6 Å². The number of fused-ring (bicyclic) bond motifs is 1. The summed E-state index contributed by atoms with van der Waals surface area (Å²) in [6, 6.07) is 3.53. The molecule has 0 unspecified atom stereocenters. The van der Waals surface area contributed by atoms with E-state index >= 15 is 0 Å². The van der Waals surface area contributed by atoms with Crippen molar-refractivity contribution in [2.24, 2.45) is 0 Å². The minimum atomic E-state index is 0.242. The fourth-order valence-electron chi connectivity index (χ4n) is 2.24. The second-order valence-electron chi connectivity index (χ2n) is 4.61. The van der Waals surface area contributed by atoms with Crippen molar-refractivity contribution in [1.82, 2.24) is 4.90 Å². The Labute approximate surface area is 108 Å². The number of nitrogens with zero attached hydrogens (tertiary/aromatic N) is 1. The van der Waals surface area contributed by atoms with Gasteiger partial charge in [0.15, 0.2) is 11.5 Å². The number of phenolic OH excluding ortho intramolecular Hbond substituents is 1. The Morgan fingerprint density at radius 3 is 2.33 bits per heavy atom. The molecule has 1 heterocycles. The van der Waals surface area contributed by atoms with Gasteiger partial charge in [-0.3, -0.25) is 4.90 Å². The lowest BCUT2D eigenvalue weighted by atomic mass is 10.1. The molecule has 0 spiro atoms. The van der Waals surface area contributed by atoms with Crippen LogP contribution in [0, 0.1) is 0 Å². The minimum absolute atomic E-state index is 0.242. The van der Waals surface area contributed by atoms with E-state index in [0.717, 1.165) is 43.8 Å². The zero-order valence-corrected chi connectivity index (χ0v) is 11.1. The molecule has 0 bridgehead atoms. The number of hydrogen-bond donors (Lipinski definition) is 1. The average molecular weight is 251 g/mol. The molecule has 4 heteroatoms. The number of phenols is 1. The molecule has 1 aromatic rings. The van der Waals surface area contributed by atoms with E-state index in [0.29, 0.717) is 5.75 Å². The quantitative estimate of drug-likeness (QED) is 0.844. The SMILES string of the molecule is CCCN(CCC)Cc1cc2c(cc1O)OCO2. The molecular formula is C14H21NO3. The summed E-state index contributed by atoms with van der Waals surface area (Å²) in [6.07, 6.45) is 2.23. The number of rotatable bonds is 6. The molecule has 0 aliphatic carbocycles. The summed E-state index contributed by atoms with van der Waals surface area (Å²) in [6.45, 7) is 7.42. The maximum atomic E-state index is 10.00. The molecule has 0 amide bonds. The Balaban J connectivity index is 2.12. The zero-order chi connectivity index (χ0) is 13.0. The molecule has 0 radical (unpaired) electrons. The van der Waals surface area contributed by atoms with Crippen molar-refractivity contribution in [3.8, 4) is 17.2 Å². The summed E-state index contributed by atoms with van der Waals surface area (Å²) < 4.78 is 10.6. The van der Waals surface area contributed by atoms with Gasteiger partial charge in [-0.15, -0.1) is 0 Å². The van der Waals surface area contributed by atoms with Crippen LogP contribution in [0.3, 0.4) is 0 Å². The summed E-state index contributed by atoms with van der Waals surface area (Å²) in [4.78, 5) is 2.34.